The second-order valence-electron chi connectivity index (χ2n) is 6.16. The fourth-order valence-corrected chi connectivity index (χ4v) is 2.21. The predicted molar refractivity (Wildman–Crippen MR) is 78.2 cm³/mol. The molecule has 4 nitrogen and oxygen atoms in total. The second kappa shape index (κ2) is 8.20. The predicted octanol–water partition coefficient (Wildman–Crippen LogP) is 2.85. The van der Waals surface area contributed by atoms with E-state index >= 15 is 0 Å². The van der Waals surface area contributed by atoms with Gasteiger partial charge in [0.25, 0.3) is 0 Å². The van der Waals surface area contributed by atoms with Crippen LogP contribution in [0.15, 0.2) is 12.2 Å². The van der Waals surface area contributed by atoms with E-state index in [2.05, 4.69) is 10.6 Å². The minimum Gasteiger partial charge on any atom is -0.444 e. The summed E-state index contributed by atoms with van der Waals surface area (Å²) in [5, 5.41) is 6.12. The first kappa shape index (κ1) is 16.0. The van der Waals surface area contributed by atoms with Crippen molar-refractivity contribution in [1.82, 2.24) is 10.6 Å². The van der Waals surface area contributed by atoms with Crippen LogP contribution in [0.1, 0.15) is 46.5 Å². The number of nitrogens with one attached hydrogen (secondary N) is 2. The molecule has 1 aliphatic rings. The first-order valence-electron chi connectivity index (χ1n) is 7.30. The summed E-state index contributed by atoms with van der Waals surface area (Å²) in [6.45, 7) is 8.07. The van der Waals surface area contributed by atoms with Crippen LogP contribution in [0.5, 0.6) is 0 Å². The Labute approximate surface area is 117 Å². The van der Waals surface area contributed by atoms with Crippen LogP contribution in [-0.4, -0.2) is 31.3 Å². The van der Waals surface area contributed by atoms with E-state index in [-0.39, 0.29) is 6.09 Å². The zero-order valence-corrected chi connectivity index (χ0v) is 12.5. The number of amides is 1. The van der Waals surface area contributed by atoms with Gasteiger partial charge in [0.15, 0.2) is 0 Å². The summed E-state index contributed by atoms with van der Waals surface area (Å²) in [6.07, 6.45) is 9.16. The number of ether oxygens (including phenoxy) is 1. The summed E-state index contributed by atoms with van der Waals surface area (Å²) in [5.41, 5.74) is -0.434. The van der Waals surface area contributed by atoms with Crippen molar-refractivity contribution in [2.75, 3.05) is 19.6 Å². The first-order chi connectivity index (χ1) is 8.97. The Morgan fingerprint density at radius 3 is 2.47 bits per heavy atom. The van der Waals surface area contributed by atoms with Gasteiger partial charge in [-0.1, -0.05) is 25.0 Å². The molecule has 1 saturated carbocycles. The van der Waals surface area contributed by atoms with Crippen LogP contribution in [0.2, 0.25) is 0 Å². The molecule has 0 atom stereocenters. The Balaban J connectivity index is 1.96. The molecule has 0 saturated heterocycles. The minimum absolute atomic E-state index is 0.365. The highest BCUT2D eigenvalue weighted by Crippen LogP contribution is 2.23. The van der Waals surface area contributed by atoms with Crippen molar-refractivity contribution in [1.29, 1.82) is 0 Å². The lowest BCUT2D eigenvalue weighted by Crippen LogP contribution is -2.32. The Hall–Kier alpha value is -1.03. The summed E-state index contributed by atoms with van der Waals surface area (Å²) >= 11 is 0. The molecule has 0 bridgehead atoms. The quantitative estimate of drug-likeness (QED) is 0.575. The van der Waals surface area contributed by atoms with Gasteiger partial charge in [0, 0.05) is 13.1 Å². The lowest BCUT2D eigenvalue weighted by atomic mass is 10.1. The van der Waals surface area contributed by atoms with Gasteiger partial charge in [-0.3, -0.25) is 0 Å². The molecular weight excluding hydrogens is 240 g/mol. The van der Waals surface area contributed by atoms with Crippen molar-refractivity contribution in [3.05, 3.63) is 12.2 Å². The molecule has 0 radical (unpaired) electrons. The highest BCUT2D eigenvalue weighted by atomic mass is 16.6. The van der Waals surface area contributed by atoms with E-state index in [1.54, 1.807) is 0 Å². The molecule has 0 aromatic rings. The van der Waals surface area contributed by atoms with Gasteiger partial charge in [-0.05, 0) is 46.1 Å². The molecule has 110 valence electrons. The number of alkyl carbamates (subject to hydrolysis) is 1. The number of carbonyl (C=O) groups is 1. The van der Waals surface area contributed by atoms with Crippen molar-refractivity contribution >= 4 is 6.09 Å². The van der Waals surface area contributed by atoms with Gasteiger partial charge in [-0.15, -0.1) is 0 Å². The molecule has 0 aliphatic heterocycles. The van der Waals surface area contributed by atoms with Crippen molar-refractivity contribution in [2.45, 2.75) is 52.1 Å². The highest BCUT2D eigenvalue weighted by Gasteiger charge is 2.15. The summed E-state index contributed by atoms with van der Waals surface area (Å²) in [7, 11) is 0. The third-order valence-electron chi connectivity index (χ3n) is 3.10. The van der Waals surface area contributed by atoms with Crippen LogP contribution < -0.4 is 10.6 Å². The molecule has 4 heteroatoms. The van der Waals surface area contributed by atoms with E-state index in [0.29, 0.717) is 6.54 Å². The Morgan fingerprint density at radius 2 is 1.84 bits per heavy atom. The molecule has 1 fully saturated rings. The number of hydrogen-bond donors (Lipinski definition) is 2. The van der Waals surface area contributed by atoms with Gasteiger partial charge in [0.05, 0.1) is 0 Å². The lowest BCUT2D eigenvalue weighted by molar-refractivity contribution is 0.0534. The Morgan fingerprint density at radius 1 is 1.21 bits per heavy atom. The smallest absolute Gasteiger partial charge is 0.407 e. The van der Waals surface area contributed by atoms with Crippen molar-refractivity contribution < 1.29 is 9.53 Å². The van der Waals surface area contributed by atoms with E-state index < -0.39 is 5.60 Å². The van der Waals surface area contributed by atoms with Gasteiger partial charge in [-0.2, -0.15) is 0 Å². The monoisotopic (exact) mass is 268 g/mol. The fraction of sp³-hybridized carbons (Fsp3) is 0.800. The second-order valence-corrected chi connectivity index (χ2v) is 6.16. The fourth-order valence-electron chi connectivity index (χ4n) is 2.21. The van der Waals surface area contributed by atoms with Crippen molar-refractivity contribution in [3.63, 3.8) is 0 Å². The van der Waals surface area contributed by atoms with Gasteiger partial charge < -0.3 is 15.4 Å². The molecule has 1 aliphatic carbocycles. The lowest BCUT2D eigenvalue weighted by Gasteiger charge is -2.19. The summed E-state index contributed by atoms with van der Waals surface area (Å²) in [6, 6.07) is 0. The van der Waals surface area contributed by atoms with Gasteiger partial charge in [-0.25, -0.2) is 4.79 Å². The van der Waals surface area contributed by atoms with Crippen LogP contribution in [0, 0.1) is 5.92 Å². The molecule has 19 heavy (non-hydrogen) atoms. The third kappa shape index (κ3) is 8.65. The molecule has 1 rings (SSSR count). The van der Waals surface area contributed by atoms with Gasteiger partial charge >= 0.3 is 6.09 Å². The largest absolute Gasteiger partial charge is 0.444 e. The molecule has 0 spiro atoms. The maximum Gasteiger partial charge on any atom is 0.407 e. The van der Waals surface area contributed by atoms with E-state index in [0.717, 1.165) is 19.0 Å². The van der Waals surface area contributed by atoms with Crippen LogP contribution in [0.25, 0.3) is 0 Å². The summed E-state index contributed by atoms with van der Waals surface area (Å²) < 4.78 is 5.13. The Bertz CT molecular complexity index is 289. The van der Waals surface area contributed by atoms with Crippen molar-refractivity contribution in [3.8, 4) is 0 Å². The molecule has 0 aromatic heterocycles. The number of carbonyl (C=O) groups excluding carboxylic acids is 1. The minimum atomic E-state index is -0.434. The maximum absolute atomic E-state index is 11.3. The number of hydrogen-bond acceptors (Lipinski definition) is 3. The third-order valence-corrected chi connectivity index (χ3v) is 3.10. The van der Waals surface area contributed by atoms with Crippen LogP contribution in [0.4, 0.5) is 4.79 Å². The zero-order chi connectivity index (χ0) is 14.1. The zero-order valence-electron chi connectivity index (χ0n) is 12.5. The average molecular weight is 268 g/mol. The average Bonchev–Trinajstić information content (AvgIpc) is 2.78. The highest BCUT2D eigenvalue weighted by molar-refractivity contribution is 5.67. The molecule has 0 unspecified atom stereocenters. The molecular formula is C15H28N2O2. The standard InChI is InChI=1S/C15H28N2O2/c1-15(2,3)19-14(18)17-11-7-6-10-16-12-13-8-4-5-9-13/h6-7,13,16H,4-5,8-12H2,1-3H3,(H,17,18)/b7-6+. The van der Waals surface area contributed by atoms with Gasteiger partial charge in [0.1, 0.15) is 5.60 Å². The van der Waals surface area contributed by atoms with Crippen molar-refractivity contribution in [2.24, 2.45) is 5.92 Å². The molecule has 1 amide bonds. The maximum atomic E-state index is 11.3. The summed E-state index contributed by atoms with van der Waals surface area (Å²) in [4.78, 5) is 11.3. The van der Waals surface area contributed by atoms with Crippen LogP contribution in [0.3, 0.4) is 0 Å². The SMILES string of the molecule is CC(C)(C)OC(=O)NC/C=C/CNCC1CCCC1. The van der Waals surface area contributed by atoms with Crippen LogP contribution in [-0.2, 0) is 4.74 Å². The van der Waals surface area contributed by atoms with E-state index in [1.807, 2.05) is 32.9 Å². The Kier molecular flexibility index (Phi) is 6.92. The van der Waals surface area contributed by atoms with E-state index in [1.165, 1.54) is 25.7 Å². The first-order valence-corrected chi connectivity index (χ1v) is 7.30. The van der Waals surface area contributed by atoms with Gasteiger partial charge in [0.2, 0.25) is 0 Å². The van der Waals surface area contributed by atoms with E-state index in [9.17, 15) is 4.79 Å². The number of rotatable bonds is 6. The molecule has 0 aromatic carbocycles. The summed E-state index contributed by atoms with van der Waals surface area (Å²) in [5.74, 6) is 0.869. The normalized spacial score (nSPS) is 17.0. The molecule has 2 N–H and O–H groups in total. The topological polar surface area (TPSA) is 50.4 Å². The van der Waals surface area contributed by atoms with E-state index in [4.69, 9.17) is 4.74 Å². The molecule has 0 heterocycles. The van der Waals surface area contributed by atoms with Crippen LogP contribution >= 0.6 is 0 Å².